The Morgan fingerprint density at radius 2 is 1.45 bits per heavy atom. The highest BCUT2D eigenvalue weighted by Crippen LogP contribution is 2.24. The lowest BCUT2D eigenvalue weighted by molar-refractivity contribution is -0.140. The molecule has 3 rings (SSSR count). The maximum atomic E-state index is 13.3. The lowest BCUT2D eigenvalue weighted by Gasteiger charge is -2.30. The second kappa shape index (κ2) is 9.64. The van der Waals surface area contributed by atoms with E-state index in [1.54, 1.807) is 12.1 Å². The highest BCUT2D eigenvalue weighted by atomic mass is 19.1. The van der Waals surface area contributed by atoms with Crippen LogP contribution in [0.25, 0.3) is 0 Å². The average Bonchev–Trinajstić information content (AvgIpc) is 2.74. The van der Waals surface area contributed by atoms with E-state index in [4.69, 9.17) is 0 Å². The first-order chi connectivity index (χ1) is 14.0. The summed E-state index contributed by atoms with van der Waals surface area (Å²) in [4.78, 5) is 27.1. The first-order valence-corrected chi connectivity index (χ1v) is 9.43. The van der Waals surface area contributed by atoms with E-state index in [0.717, 1.165) is 16.7 Å². The predicted molar refractivity (Wildman–Crippen MR) is 110 cm³/mol. The molecule has 1 N–H and O–H groups in total. The minimum Gasteiger partial charge on any atom is -0.350 e. The molecule has 2 amide bonds. The van der Waals surface area contributed by atoms with E-state index < -0.39 is 6.04 Å². The zero-order chi connectivity index (χ0) is 20.6. The molecule has 0 fully saturated rings. The van der Waals surface area contributed by atoms with Crippen molar-refractivity contribution in [2.75, 3.05) is 0 Å². The summed E-state index contributed by atoms with van der Waals surface area (Å²) in [6.07, 6.45) is 0. The normalized spacial score (nSPS) is 11.5. The summed E-state index contributed by atoms with van der Waals surface area (Å²) >= 11 is 0. The number of benzene rings is 3. The third-order valence-electron chi connectivity index (χ3n) is 4.66. The van der Waals surface area contributed by atoms with Gasteiger partial charge in [0.2, 0.25) is 11.8 Å². The van der Waals surface area contributed by atoms with Crippen molar-refractivity contribution >= 4 is 11.8 Å². The van der Waals surface area contributed by atoms with Crippen LogP contribution in [-0.2, 0) is 22.7 Å². The summed E-state index contributed by atoms with van der Waals surface area (Å²) in [5.41, 5.74) is 2.44. The molecule has 0 saturated heterocycles. The van der Waals surface area contributed by atoms with Gasteiger partial charge < -0.3 is 10.2 Å². The molecule has 1 atom stereocenters. The summed E-state index contributed by atoms with van der Waals surface area (Å²) in [5.74, 6) is -0.848. The smallest absolute Gasteiger partial charge is 0.247 e. The summed E-state index contributed by atoms with van der Waals surface area (Å²) in [7, 11) is 0. The van der Waals surface area contributed by atoms with Crippen LogP contribution in [0.15, 0.2) is 84.9 Å². The Labute approximate surface area is 170 Å². The van der Waals surface area contributed by atoms with Gasteiger partial charge in [-0.1, -0.05) is 72.8 Å². The van der Waals surface area contributed by atoms with Gasteiger partial charge in [-0.15, -0.1) is 0 Å². The minimum absolute atomic E-state index is 0.202. The van der Waals surface area contributed by atoms with Crippen molar-refractivity contribution in [3.05, 3.63) is 107 Å². The van der Waals surface area contributed by atoms with Crippen molar-refractivity contribution < 1.29 is 14.0 Å². The molecule has 5 heteroatoms. The van der Waals surface area contributed by atoms with Gasteiger partial charge in [-0.25, -0.2) is 4.39 Å². The van der Waals surface area contributed by atoms with E-state index >= 15 is 0 Å². The molecule has 0 aliphatic rings. The topological polar surface area (TPSA) is 49.4 Å². The third-order valence-corrected chi connectivity index (χ3v) is 4.66. The third kappa shape index (κ3) is 5.51. The Hall–Kier alpha value is -3.47. The Morgan fingerprint density at radius 1 is 0.862 bits per heavy atom. The fraction of sp³-hybridized carbons (Fsp3) is 0.167. The Balaban J connectivity index is 1.86. The van der Waals surface area contributed by atoms with Crippen LogP contribution >= 0.6 is 0 Å². The fourth-order valence-corrected chi connectivity index (χ4v) is 3.16. The number of nitrogens with one attached hydrogen (secondary N) is 1. The first-order valence-electron chi connectivity index (χ1n) is 9.43. The highest BCUT2D eigenvalue weighted by molar-refractivity contribution is 5.88. The second-order valence-electron chi connectivity index (χ2n) is 6.79. The van der Waals surface area contributed by atoms with Gasteiger partial charge in [-0.3, -0.25) is 9.59 Å². The number of halogens is 1. The largest absolute Gasteiger partial charge is 0.350 e. The molecule has 3 aromatic carbocycles. The van der Waals surface area contributed by atoms with Crippen LogP contribution in [0.2, 0.25) is 0 Å². The molecule has 4 nitrogen and oxygen atoms in total. The Bertz CT molecular complexity index is 944. The molecular formula is C24H23FN2O2. The van der Waals surface area contributed by atoms with Crippen LogP contribution in [-0.4, -0.2) is 16.7 Å². The van der Waals surface area contributed by atoms with Crippen LogP contribution in [0, 0.1) is 5.82 Å². The van der Waals surface area contributed by atoms with Crippen LogP contribution < -0.4 is 5.32 Å². The molecule has 0 bridgehead atoms. The fourth-order valence-electron chi connectivity index (χ4n) is 3.16. The zero-order valence-corrected chi connectivity index (χ0v) is 16.2. The van der Waals surface area contributed by atoms with Crippen molar-refractivity contribution in [3.8, 4) is 0 Å². The number of hydrogen-bond acceptors (Lipinski definition) is 2. The molecule has 29 heavy (non-hydrogen) atoms. The van der Waals surface area contributed by atoms with E-state index in [1.165, 1.54) is 24.0 Å². The van der Waals surface area contributed by atoms with E-state index in [2.05, 4.69) is 5.32 Å². The quantitative estimate of drug-likeness (QED) is 0.656. The van der Waals surface area contributed by atoms with Gasteiger partial charge in [0.1, 0.15) is 11.9 Å². The standard InChI is InChI=1S/C24H23FN2O2/c1-18(28)27(17-20-12-14-22(25)15-13-20)23(21-10-6-3-7-11-21)24(29)26-16-19-8-4-2-5-9-19/h2-15,23H,16-17H2,1H3,(H,26,29)/t23-/m1/s1. The monoisotopic (exact) mass is 390 g/mol. The lowest BCUT2D eigenvalue weighted by Crippen LogP contribution is -2.42. The van der Waals surface area contributed by atoms with Crippen LogP contribution in [0.1, 0.15) is 29.7 Å². The van der Waals surface area contributed by atoms with Gasteiger partial charge in [0, 0.05) is 20.0 Å². The molecule has 148 valence electrons. The first kappa shape index (κ1) is 20.3. The summed E-state index contributed by atoms with van der Waals surface area (Å²) in [6, 6.07) is 23.9. The maximum absolute atomic E-state index is 13.3. The second-order valence-corrected chi connectivity index (χ2v) is 6.79. The number of nitrogens with zero attached hydrogens (tertiary/aromatic N) is 1. The molecule has 0 heterocycles. The number of hydrogen-bond donors (Lipinski definition) is 1. The van der Waals surface area contributed by atoms with E-state index in [9.17, 15) is 14.0 Å². The Kier molecular flexibility index (Phi) is 6.74. The number of carbonyl (C=O) groups excluding carboxylic acids is 2. The van der Waals surface area contributed by atoms with Gasteiger partial charge in [0.25, 0.3) is 0 Å². The van der Waals surface area contributed by atoms with Crippen molar-refractivity contribution in [1.82, 2.24) is 10.2 Å². The molecular weight excluding hydrogens is 367 g/mol. The Morgan fingerprint density at radius 3 is 2.03 bits per heavy atom. The number of rotatable bonds is 7. The maximum Gasteiger partial charge on any atom is 0.247 e. The van der Waals surface area contributed by atoms with E-state index in [0.29, 0.717) is 6.54 Å². The summed E-state index contributed by atoms with van der Waals surface area (Å²) in [5, 5.41) is 2.93. The number of carbonyl (C=O) groups is 2. The van der Waals surface area contributed by atoms with Crippen LogP contribution in [0.5, 0.6) is 0 Å². The van der Waals surface area contributed by atoms with Crippen molar-refractivity contribution in [1.29, 1.82) is 0 Å². The summed E-state index contributed by atoms with van der Waals surface area (Å²) < 4.78 is 13.3. The van der Waals surface area contributed by atoms with Crippen molar-refractivity contribution in [2.45, 2.75) is 26.1 Å². The SMILES string of the molecule is CC(=O)N(Cc1ccc(F)cc1)[C@@H](C(=O)NCc1ccccc1)c1ccccc1. The van der Waals surface area contributed by atoms with Crippen molar-refractivity contribution in [2.24, 2.45) is 0 Å². The molecule has 0 spiro atoms. The van der Waals surface area contributed by atoms with Crippen LogP contribution in [0.3, 0.4) is 0 Å². The van der Waals surface area contributed by atoms with Gasteiger partial charge >= 0.3 is 0 Å². The highest BCUT2D eigenvalue weighted by Gasteiger charge is 2.29. The van der Waals surface area contributed by atoms with Gasteiger partial charge in [-0.05, 0) is 28.8 Å². The number of amides is 2. The molecule has 0 aliphatic heterocycles. The molecule has 0 aliphatic carbocycles. The summed E-state index contributed by atoms with van der Waals surface area (Å²) in [6.45, 7) is 2.00. The van der Waals surface area contributed by atoms with Crippen LogP contribution in [0.4, 0.5) is 4.39 Å². The minimum atomic E-state index is -0.789. The van der Waals surface area contributed by atoms with Gasteiger partial charge in [0.15, 0.2) is 0 Å². The lowest BCUT2D eigenvalue weighted by atomic mass is 10.0. The zero-order valence-electron chi connectivity index (χ0n) is 16.2. The molecule has 0 unspecified atom stereocenters. The average molecular weight is 390 g/mol. The molecule has 0 aromatic heterocycles. The predicted octanol–water partition coefficient (Wildman–Crippen LogP) is 4.23. The molecule has 3 aromatic rings. The molecule has 0 saturated carbocycles. The van der Waals surface area contributed by atoms with E-state index in [-0.39, 0.29) is 24.2 Å². The van der Waals surface area contributed by atoms with Crippen molar-refractivity contribution in [3.63, 3.8) is 0 Å². The van der Waals surface area contributed by atoms with Gasteiger partial charge in [0.05, 0.1) is 0 Å². The van der Waals surface area contributed by atoms with E-state index in [1.807, 2.05) is 60.7 Å². The molecule has 0 radical (unpaired) electrons. The van der Waals surface area contributed by atoms with Gasteiger partial charge in [-0.2, -0.15) is 0 Å².